The molecule has 0 saturated heterocycles. The Morgan fingerprint density at radius 1 is 0.905 bits per heavy atom. The van der Waals surface area contributed by atoms with Crippen LogP contribution in [0.1, 0.15) is 23.0 Å². The molecule has 0 atom stereocenters. The molecule has 10 heteroatoms. The molecule has 0 fully saturated rings. The van der Waals surface area contributed by atoms with Crippen LogP contribution in [-0.2, 0) is 0 Å². The molecule has 0 aliphatic heterocycles. The number of aliphatic hydroxyl groups excluding tert-OH is 2. The topological polar surface area (TPSA) is 44.3 Å². The van der Waals surface area contributed by atoms with E-state index in [1.54, 1.807) is 0 Å². The summed E-state index contributed by atoms with van der Waals surface area (Å²) in [6.45, 7) is 5.94. The molecule has 0 unspecified atom stereocenters. The van der Waals surface area contributed by atoms with E-state index in [1.807, 2.05) is 37.5 Å². The molecular formula is C11H18F6NO2P. The average Bonchev–Trinajstić information content (AvgIpc) is 2.18. The van der Waals surface area contributed by atoms with Gasteiger partial charge in [-0.25, -0.2) is 0 Å². The summed E-state index contributed by atoms with van der Waals surface area (Å²) in [6.07, 6.45) is 0. The molecule has 0 radical (unpaired) electrons. The fourth-order valence-electron chi connectivity index (χ4n) is 1.91. The second-order valence-electron chi connectivity index (χ2n) is 4.66. The van der Waals surface area contributed by atoms with Crippen LogP contribution in [0.15, 0.2) is 12.1 Å². The Morgan fingerprint density at radius 2 is 1.19 bits per heavy atom. The number of nitrogens with zero attached hydrogens (tertiary/aromatic N) is 1. The first kappa shape index (κ1) is 20.1. The molecule has 0 saturated carbocycles. The van der Waals surface area contributed by atoms with E-state index in [9.17, 15) is 25.2 Å². The van der Waals surface area contributed by atoms with Crippen molar-refractivity contribution in [2.24, 2.45) is 0 Å². The molecule has 0 aromatic carbocycles. The Kier molecular flexibility index (Phi) is 5.45. The van der Waals surface area contributed by atoms with E-state index < -0.39 is 7.81 Å². The van der Waals surface area contributed by atoms with Crippen molar-refractivity contribution in [1.82, 2.24) is 0 Å². The summed E-state index contributed by atoms with van der Waals surface area (Å²) in [6, 6.07) is 3.87. The molecule has 3 nitrogen and oxygen atoms in total. The predicted molar refractivity (Wildman–Crippen MR) is 67.6 cm³/mol. The molecule has 1 rings (SSSR count). The van der Waals surface area contributed by atoms with Gasteiger partial charge in [-0.2, -0.15) is 4.57 Å². The first-order valence-corrected chi connectivity index (χ1v) is 7.85. The zero-order valence-electron chi connectivity index (χ0n) is 11.7. The van der Waals surface area contributed by atoms with Crippen molar-refractivity contribution in [3.63, 3.8) is 0 Å². The summed E-state index contributed by atoms with van der Waals surface area (Å²) in [5.41, 5.74) is 3.33. The zero-order chi connectivity index (χ0) is 17.1. The Balaban J connectivity index is 0.000000486. The third-order valence-corrected chi connectivity index (χ3v) is 2.42. The van der Waals surface area contributed by atoms with Gasteiger partial charge in [-0.15, -0.1) is 0 Å². The standard InChI is InChI=1S/C11H18NO2.F6P/c1-8-4-9(2)12(10(3)5-8)11(6-13)7-14;1-7(2,3,4,5)6/h4-5,11,13-14H,6-7H2,1-3H3;/q+1;-1. The van der Waals surface area contributed by atoms with E-state index in [1.165, 1.54) is 5.56 Å². The quantitative estimate of drug-likeness (QED) is 0.499. The van der Waals surface area contributed by atoms with Gasteiger partial charge in [0.15, 0.2) is 11.4 Å². The molecule has 1 aromatic rings. The van der Waals surface area contributed by atoms with Crippen molar-refractivity contribution in [3.8, 4) is 0 Å². The Hall–Kier alpha value is -0.920. The molecule has 21 heavy (non-hydrogen) atoms. The van der Waals surface area contributed by atoms with Crippen LogP contribution >= 0.6 is 7.81 Å². The molecule has 0 bridgehead atoms. The van der Waals surface area contributed by atoms with Gasteiger partial charge in [-0.05, 0) is 12.5 Å². The van der Waals surface area contributed by atoms with Gasteiger partial charge in [-0.3, -0.25) is 0 Å². The number of aliphatic hydroxyl groups is 2. The predicted octanol–water partition coefficient (Wildman–Crippen LogP) is 3.81. The maximum atomic E-state index is 9.87. The van der Waals surface area contributed by atoms with E-state index in [4.69, 9.17) is 10.2 Å². The van der Waals surface area contributed by atoms with Crippen LogP contribution in [0.5, 0.6) is 0 Å². The first-order valence-electron chi connectivity index (χ1n) is 5.82. The molecule has 126 valence electrons. The summed E-state index contributed by atoms with van der Waals surface area (Å²) in [5.74, 6) is 0. The maximum absolute atomic E-state index is 10.7. The SMILES string of the molecule is Cc1cc(C)[n+](C(CO)CO)c(C)c1.F[P-](F)(F)(F)(F)F. The number of aryl methyl sites for hydroxylation is 3. The van der Waals surface area contributed by atoms with E-state index in [0.29, 0.717) is 0 Å². The number of aromatic nitrogens is 1. The van der Waals surface area contributed by atoms with Crippen molar-refractivity contribution in [2.75, 3.05) is 13.2 Å². The van der Waals surface area contributed by atoms with Crippen LogP contribution in [0.3, 0.4) is 0 Å². The van der Waals surface area contributed by atoms with Crippen molar-refractivity contribution >= 4 is 7.81 Å². The third kappa shape index (κ3) is 10.4. The Morgan fingerprint density at radius 3 is 1.43 bits per heavy atom. The number of hydrogen-bond donors (Lipinski definition) is 2. The third-order valence-electron chi connectivity index (χ3n) is 2.42. The number of halogens is 6. The minimum atomic E-state index is -10.7. The van der Waals surface area contributed by atoms with Gasteiger partial charge in [0.05, 0.1) is 0 Å². The van der Waals surface area contributed by atoms with Crippen molar-refractivity contribution in [3.05, 3.63) is 29.1 Å². The van der Waals surface area contributed by atoms with Crippen molar-refractivity contribution in [1.29, 1.82) is 0 Å². The Bertz CT molecular complexity index is 464. The fourth-order valence-corrected chi connectivity index (χ4v) is 1.91. The first-order chi connectivity index (χ1) is 9.05. The molecule has 0 aliphatic carbocycles. The van der Waals surface area contributed by atoms with Crippen LogP contribution in [-0.4, -0.2) is 23.4 Å². The molecule has 0 aliphatic rings. The van der Waals surface area contributed by atoms with Crippen LogP contribution in [0.25, 0.3) is 0 Å². The van der Waals surface area contributed by atoms with E-state index in [2.05, 4.69) is 0 Å². The van der Waals surface area contributed by atoms with Crippen LogP contribution < -0.4 is 4.57 Å². The fraction of sp³-hybridized carbons (Fsp3) is 0.545. The van der Waals surface area contributed by atoms with Gasteiger partial charge in [0.1, 0.15) is 13.2 Å². The van der Waals surface area contributed by atoms with Gasteiger partial charge in [0.2, 0.25) is 6.04 Å². The number of rotatable bonds is 3. The van der Waals surface area contributed by atoms with Crippen molar-refractivity contribution < 1.29 is 40.0 Å². The average molecular weight is 341 g/mol. The van der Waals surface area contributed by atoms with Gasteiger partial charge in [-0.1, -0.05) is 0 Å². The summed E-state index contributed by atoms with van der Waals surface area (Å²) in [5, 5.41) is 18.2. The monoisotopic (exact) mass is 341 g/mol. The minimum absolute atomic E-state index is 0.0358. The zero-order valence-corrected chi connectivity index (χ0v) is 12.6. The molecule has 2 N–H and O–H groups in total. The second kappa shape index (κ2) is 5.70. The molecule has 0 amide bonds. The van der Waals surface area contributed by atoms with E-state index in [0.717, 1.165) is 11.4 Å². The number of pyridine rings is 1. The van der Waals surface area contributed by atoms with E-state index in [-0.39, 0.29) is 19.3 Å². The molecular weight excluding hydrogens is 323 g/mol. The summed E-state index contributed by atoms with van der Waals surface area (Å²) in [7, 11) is -10.7. The molecule has 1 heterocycles. The van der Waals surface area contributed by atoms with Crippen LogP contribution in [0.4, 0.5) is 25.2 Å². The van der Waals surface area contributed by atoms with Crippen LogP contribution in [0.2, 0.25) is 0 Å². The summed E-state index contributed by atoms with van der Waals surface area (Å²) >= 11 is 0. The van der Waals surface area contributed by atoms with E-state index >= 15 is 0 Å². The Labute approximate surface area is 118 Å². The molecule has 1 aromatic heterocycles. The van der Waals surface area contributed by atoms with Crippen LogP contribution in [0, 0.1) is 20.8 Å². The molecule has 0 spiro atoms. The second-order valence-corrected chi connectivity index (χ2v) is 6.58. The normalized spacial score (nSPS) is 15.0. The van der Waals surface area contributed by atoms with Gasteiger partial charge < -0.3 is 10.2 Å². The van der Waals surface area contributed by atoms with Crippen molar-refractivity contribution in [2.45, 2.75) is 26.8 Å². The van der Waals surface area contributed by atoms with Gasteiger partial charge in [0, 0.05) is 26.0 Å². The van der Waals surface area contributed by atoms with Gasteiger partial charge in [0.25, 0.3) is 0 Å². The van der Waals surface area contributed by atoms with Gasteiger partial charge >= 0.3 is 33.0 Å². The number of hydrogen-bond acceptors (Lipinski definition) is 2. The summed E-state index contributed by atoms with van der Waals surface area (Å²) < 4.78 is 61.2. The summed E-state index contributed by atoms with van der Waals surface area (Å²) in [4.78, 5) is 0.